The van der Waals surface area contributed by atoms with Crippen molar-refractivity contribution in [2.75, 3.05) is 19.6 Å². The van der Waals surface area contributed by atoms with E-state index in [1.54, 1.807) is 18.2 Å². The van der Waals surface area contributed by atoms with Crippen molar-refractivity contribution in [2.45, 2.75) is 121 Å². The average molecular weight is 594 g/mol. The van der Waals surface area contributed by atoms with E-state index in [1.165, 1.54) is 6.08 Å². The summed E-state index contributed by atoms with van der Waals surface area (Å²) in [6.45, 7) is 9.05. The summed E-state index contributed by atoms with van der Waals surface area (Å²) in [6, 6.07) is 0. The summed E-state index contributed by atoms with van der Waals surface area (Å²) in [6.07, 6.45) is 21.8. The van der Waals surface area contributed by atoms with Crippen LogP contribution >= 0.6 is 9.47 Å². The van der Waals surface area contributed by atoms with Crippen LogP contribution in [0.15, 0.2) is 48.6 Å². The van der Waals surface area contributed by atoms with Crippen LogP contribution in [0.1, 0.15) is 91.4 Å². The fraction of sp³-hybridized carbons (Fsp3) is 0.727. The number of carbonyl (C=O) groups is 1. The minimum atomic E-state index is -1.38. The molecule has 0 aromatic carbocycles. The lowest BCUT2D eigenvalue weighted by Crippen LogP contribution is -2.46. The Kier molecular flexibility index (Phi) is 17.3. The van der Waals surface area contributed by atoms with Gasteiger partial charge in [-0.05, 0) is 70.0 Å². The minimum absolute atomic E-state index is 0.0414. The topological polar surface area (TPSA) is 99.5 Å². The van der Waals surface area contributed by atoms with Gasteiger partial charge in [-0.25, -0.2) is 4.79 Å². The third-order valence-corrected chi connectivity index (χ3v) is 8.70. The number of ether oxygens (including phenoxy) is 1. The van der Waals surface area contributed by atoms with E-state index in [0.717, 1.165) is 70.9 Å². The number of esters is 1. The highest BCUT2D eigenvalue weighted by atomic mass is 31.0. The molecule has 7 nitrogen and oxygen atoms in total. The normalized spacial score (nSPS) is 26.7. The van der Waals surface area contributed by atoms with Crippen LogP contribution in [0.3, 0.4) is 0 Å². The predicted octanol–water partition coefficient (Wildman–Crippen LogP) is 5.66. The lowest BCUT2D eigenvalue weighted by Gasteiger charge is -2.36. The molecular formula is C33H56NO6P. The highest BCUT2D eigenvalue weighted by Crippen LogP contribution is 2.30. The number of hydrogen-bond acceptors (Lipinski definition) is 7. The molecule has 1 aliphatic carbocycles. The fourth-order valence-corrected chi connectivity index (χ4v) is 5.98. The summed E-state index contributed by atoms with van der Waals surface area (Å²) in [5.74, 6) is 0.0195. The Morgan fingerprint density at radius 1 is 1.15 bits per heavy atom. The van der Waals surface area contributed by atoms with Crippen molar-refractivity contribution >= 4 is 15.4 Å². The Morgan fingerprint density at radius 2 is 1.88 bits per heavy atom. The van der Waals surface area contributed by atoms with E-state index in [0.29, 0.717) is 18.9 Å². The largest absolute Gasteiger partial charge is 0.454 e. The van der Waals surface area contributed by atoms with Gasteiger partial charge in [0.05, 0.1) is 18.3 Å². The monoisotopic (exact) mass is 593 g/mol. The van der Waals surface area contributed by atoms with Crippen molar-refractivity contribution in [3.05, 3.63) is 48.6 Å². The highest BCUT2D eigenvalue weighted by molar-refractivity contribution is 7.09. The summed E-state index contributed by atoms with van der Waals surface area (Å²) in [5.41, 5.74) is -1.38. The van der Waals surface area contributed by atoms with Crippen molar-refractivity contribution in [1.82, 2.24) is 4.90 Å². The molecule has 0 radical (unpaired) electrons. The second-order valence-corrected chi connectivity index (χ2v) is 12.0. The molecule has 0 saturated heterocycles. The molecule has 1 fully saturated rings. The molecule has 1 heterocycles. The van der Waals surface area contributed by atoms with Crippen molar-refractivity contribution in [3.63, 3.8) is 0 Å². The van der Waals surface area contributed by atoms with Crippen LogP contribution in [0.5, 0.6) is 0 Å². The van der Waals surface area contributed by atoms with Crippen molar-refractivity contribution in [1.29, 1.82) is 0 Å². The third-order valence-electron chi connectivity index (χ3n) is 8.38. The third kappa shape index (κ3) is 13.2. The first-order valence-electron chi connectivity index (χ1n) is 15.8. The van der Waals surface area contributed by atoms with Crippen molar-refractivity contribution < 1.29 is 29.4 Å². The zero-order chi connectivity index (χ0) is 30.1. The number of nitrogens with zero attached hydrogens (tertiary/aromatic N) is 1. The zero-order valence-electron chi connectivity index (χ0n) is 25.6. The number of aliphatic hydroxyl groups is 3. The summed E-state index contributed by atoms with van der Waals surface area (Å²) in [5, 5.41) is 32.8. The molecule has 2 rings (SSSR count). The van der Waals surface area contributed by atoms with Crippen LogP contribution in [-0.4, -0.2) is 75.8 Å². The summed E-state index contributed by atoms with van der Waals surface area (Å²) < 4.78 is 11.3. The maximum Gasteiger partial charge on any atom is 0.331 e. The van der Waals surface area contributed by atoms with Gasteiger partial charge in [0, 0.05) is 34.4 Å². The summed E-state index contributed by atoms with van der Waals surface area (Å²) in [7, 11) is 2.26. The molecule has 3 N–H and O–H groups in total. The second kappa shape index (κ2) is 19.8. The first kappa shape index (κ1) is 35.9. The lowest BCUT2D eigenvalue weighted by molar-refractivity contribution is -0.143. The van der Waals surface area contributed by atoms with Crippen LogP contribution in [0.4, 0.5) is 0 Å². The van der Waals surface area contributed by atoms with Gasteiger partial charge in [0.2, 0.25) is 0 Å². The number of unbranched alkanes of at least 4 members (excludes halogenated alkanes) is 2. The Labute approximate surface area is 251 Å². The molecule has 8 unspecified atom stereocenters. The number of rotatable bonds is 19. The summed E-state index contributed by atoms with van der Waals surface area (Å²) in [4.78, 5) is 14.4. The standard InChI is InChI=1S/C33H56NO6P/c1-4-7-21-34(22-8-5-2)23-20-33(38,19-18-30-27(6-3)16-17-32(37)39-30)31(40-41)25-29(36)14-10-9-12-26-13-11-15-28(35)24-26/h9-10,12,14,16-19,26-31,35-36,38H,4-8,11,13,15,20-25,41H2,1-3H3. The molecule has 0 bridgehead atoms. The van der Waals surface area contributed by atoms with E-state index in [2.05, 4.69) is 34.3 Å². The smallest absolute Gasteiger partial charge is 0.331 e. The van der Waals surface area contributed by atoms with Gasteiger partial charge in [-0.1, -0.05) is 76.5 Å². The van der Waals surface area contributed by atoms with Crippen molar-refractivity contribution in [3.8, 4) is 0 Å². The van der Waals surface area contributed by atoms with E-state index in [-0.39, 0.29) is 24.4 Å². The molecule has 41 heavy (non-hydrogen) atoms. The molecule has 234 valence electrons. The molecule has 0 spiro atoms. The number of aliphatic hydroxyl groups excluding tert-OH is 2. The van der Waals surface area contributed by atoms with Gasteiger partial charge in [0.1, 0.15) is 11.7 Å². The molecule has 8 atom stereocenters. The zero-order valence-corrected chi connectivity index (χ0v) is 26.7. The van der Waals surface area contributed by atoms with Crippen LogP contribution in [-0.2, 0) is 14.1 Å². The van der Waals surface area contributed by atoms with Gasteiger partial charge in [-0.15, -0.1) is 0 Å². The molecule has 0 aromatic heterocycles. The molecule has 1 aliphatic heterocycles. The maximum atomic E-state index is 12.1. The van der Waals surface area contributed by atoms with E-state index >= 15 is 0 Å². The predicted molar refractivity (Wildman–Crippen MR) is 169 cm³/mol. The Balaban J connectivity index is 2.17. The van der Waals surface area contributed by atoms with Gasteiger partial charge in [-0.2, -0.15) is 0 Å². The molecule has 8 heteroatoms. The Bertz CT molecular complexity index is 853. The van der Waals surface area contributed by atoms with Crippen LogP contribution in [0.25, 0.3) is 0 Å². The van der Waals surface area contributed by atoms with Crippen LogP contribution in [0, 0.1) is 11.8 Å². The van der Waals surface area contributed by atoms with Gasteiger partial charge in [0.25, 0.3) is 0 Å². The molecule has 0 amide bonds. The molecule has 2 aliphatic rings. The number of hydrogen-bond donors (Lipinski definition) is 3. The number of cyclic esters (lactones) is 1. The maximum absolute atomic E-state index is 12.1. The Hall–Kier alpha value is -1.34. The molecule has 1 saturated carbocycles. The van der Waals surface area contributed by atoms with E-state index < -0.39 is 23.9 Å². The number of allylic oxidation sites excluding steroid dienone is 3. The average Bonchev–Trinajstić information content (AvgIpc) is 2.96. The van der Waals surface area contributed by atoms with Gasteiger partial charge >= 0.3 is 5.97 Å². The van der Waals surface area contributed by atoms with E-state index in [9.17, 15) is 20.1 Å². The van der Waals surface area contributed by atoms with Crippen LogP contribution < -0.4 is 0 Å². The fourth-order valence-electron chi connectivity index (χ4n) is 5.64. The molecule has 0 aromatic rings. The second-order valence-electron chi connectivity index (χ2n) is 11.8. The first-order valence-corrected chi connectivity index (χ1v) is 16.3. The van der Waals surface area contributed by atoms with Crippen LogP contribution in [0.2, 0.25) is 0 Å². The highest BCUT2D eigenvalue weighted by Gasteiger charge is 2.37. The molecular weight excluding hydrogens is 537 g/mol. The SMILES string of the molecule is CCCCN(CCCC)CCC(O)(C=CC1OC(=O)C=CC1CC)C(CC(O)C=CC=CC1CCCC(O)C1)OP. The van der Waals surface area contributed by atoms with E-state index in [4.69, 9.17) is 9.26 Å². The lowest BCUT2D eigenvalue weighted by atomic mass is 9.86. The minimum Gasteiger partial charge on any atom is -0.454 e. The summed E-state index contributed by atoms with van der Waals surface area (Å²) >= 11 is 0. The Morgan fingerprint density at radius 3 is 2.51 bits per heavy atom. The van der Waals surface area contributed by atoms with E-state index in [1.807, 2.05) is 25.2 Å². The van der Waals surface area contributed by atoms with Gasteiger partial charge in [0.15, 0.2) is 0 Å². The first-order chi connectivity index (χ1) is 19.7. The van der Waals surface area contributed by atoms with Crippen molar-refractivity contribution in [2.24, 2.45) is 11.8 Å². The van der Waals surface area contributed by atoms with Gasteiger partial charge in [-0.3, -0.25) is 0 Å². The quantitative estimate of drug-likeness (QED) is 0.0769. The number of carbonyl (C=O) groups excluding carboxylic acids is 1. The van der Waals surface area contributed by atoms with Gasteiger partial charge < -0.3 is 29.5 Å².